The molecule has 0 aliphatic rings. The van der Waals surface area contributed by atoms with E-state index in [0.717, 1.165) is 15.6 Å². The molecule has 1 heterocycles. The number of nitrogens with zero attached hydrogens (tertiary/aromatic N) is 1. The van der Waals surface area contributed by atoms with Crippen molar-refractivity contribution >= 4 is 41.9 Å². The second-order valence-electron chi connectivity index (χ2n) is 3.96. The first-order valence-corrected chi connectivity index (χ1v) is 8.40. The van der Waals surface area contributed by atoms with E-state index in [-0.39, 0.29) is 11.4 Å². The van der Waals surface area contributed by atoms with Crippen LogP contribution in [0.25, 0.3) is 0 Å². The highest BCUT2D eigenvalue weighted by Gasteiger charge is 2.18. The molecule has 2 N–H and O–H groups in total. The molecule has 0 radical (unpaired) electrons. The second kappa shape index (κ2) is 5.74. The van der Waals surface area contributed by atoms with Crippen LogP contribution in [0.3, 0.4) is 0 Å². The smallest absolute Gasteiger partial charge is 0.242 e. The third kappa shape index (κ3) is 3.44. The minimum Gasteiger partial charge on any atom is -0.285 e. The van der Waals surface area contributed by atoms with Crippen molar-refractivity contribution in [2.24, 2.45) is 0 Å². The molecule has 0 aliphatic carbocycles. The zero-order chi connectivity index (χ0) is 14.0. The SMILES string of the molecule is Cc1cc(Br)c(S(=O)(=O)NCc2cn[nH]c2)cc1Br. The molecule has 0 bridgehead atoms. The number of hydrogen-bond acceptors (Lipinski definition) is 3. The average Bonchev–Trinajstić information content (AvgIpc) is 2.84. The summed E-state index contributed by atoms with van der Waals surface area (Å²) in [5.41, 5.74) is 1.73. The van der Waals surface area contributed by atoms with Crippen LogP contribution in [-0.2, 0) is 16.6 Å². The van der Waals surface area contributed by atoms with E-state index in [2.05, 4.69) is 46.8 Å². The lowest BCUT2D eigenvalue weighted by atomic mass is 10.2. The van der Waals surface area contributed by atoms with Gasteiger partial charge in [-0.05, 0) is 40.5 Å². The Bertz CT molecular complexity index is 684. The fourth-order valence-corrected chi connectivity index (χ4v) is 4.16. The Balaban J connectivity index is 2.27. The zero-order valence-electron chi connectivity index (χ0n) is 9.94. The van der Waals surface area contributed by atoms with Gasteiger partial charge in [-0.15, -0.1) is 0 Å². The molecule has 0 amide bonds. The predicted octanol–water partition coefficient (Wildman–Crippen LogP) is 2.72. The lowest BCUT2D eigenvalue weighted by molar-refractivity contribution is 0.580. The number of sulfonamides is 1. The molecule has 19 heavy (non-hydrogen) atoms. The van der Waals surface area contributed by atoms with E-state index in [1.165, 1.54) is 0 Å². The van der Waals surface area contributed by atoms with Crippen LogP contribution in [-0.4, -0.2) is 18.6 Å². The molecule has 2 rings (SSSR count). The van der Waals surface area contributed by atoms with Crippen LogP contribution in [0.4, 0.5) is 0 Å². The van der Waals surface area contributed by atoms with Crippen molar-refractivity contribution in [1.29, 1.82) is 0 Å². The van der Waals surface area contributed by atoms with Crippen LogP contribution in [0.5, 0.6) is 0 Å². The Morgan fingerprint density at radius 3 is 2.68 bits per heavy atom. The fraction of sp³-hybridized carbons (Fsp3) is 0.182. The van der Waals surface area contributed by atoms with Crippen molar-refractivity contribution in [3.8, 4) is 0 Å². The van der Waals surface area contributed by atoms with Crippen molar-refractivity contribution in [1.82, 2.24) is 14.9 Å². The topological polar surface area (TPSA) is 74.8 Å². The number of benzene rings is 1. The molecule has 0 unspecified atom stereocenters. The maximum Gasteiger partial charge on any atom is 0.242 e. The quantitative estimate of drug-likeness (QED) is 0.816. The lowest BCUT2D eigenvalue weighted by Crippen LogP contribution is -2.23. The Labute approximate surface area is 128 Å². The highest BCUT2D eigenvalue weighted by atomic mass is 79.9. The first-order chi connectivity index (χ1) is 8.90. The molecule has 0 spiro atoms. The summed E-state index contributed by atoms with van der Waals surface area (Å²) >= 11 is 6.61. The molecular formula is C11H11Br2N3O2S. The van der Waals surface area contributed by atoms with Gasteiger partial charge in [-0.3, -0.25) is 5.10 Å². The Hall–Kier alpha value is -0.700. The normalized spacial score (nSPS) is 11.7. The van der Waals surface area contributed by atoms with E-state index in [9.17, 15) is 8.42 Å². The van der Waals surface area contributed by atoms with Crippen molar-refractivity contribution in [3.05, 3.63) is 44.6 Å². The molecule has 0 atom stereocenters. The van der Waals surface area contributed by atoms with E-state index in [4.69, 9.17) is 0 Å². The van der Waals surface area contributed by atoms with Gasteiger partial charge in [0.2, 0.25) is 10.0 Å². The van der Waals surface area contributed by atoms with Gasteiger partial charge in [0.25, 0.3) is 0 Å². The van der Waals surface area contributed by atoms with Crippen molar-refractivity contribution in [3.63, 3.8) is 0 Å². The van der Waals surface area contributed by atoms with E-state index >= 15 is 0 Å². The number of nitrogens with one attached hydrogen (secondary N) is 2. The van der Waals surface area contributed by atoms with Crippen LogP contribution in [0.15, 0.2) is 38.4 Å². The number of rotatable bonds is 4. The minimum atomic E-state index is -3.57. The van der Waals surface area contributed by atoms with Gasteiger partial charge in [0.15, 0.2) is 0 Å². The standard InChI is InChI=1S/C11H11Br2N3O2S/c1-7-2-10(13)11(3-9(7)12)19(17,18)16-6-8-4-14-15-5-8/h2-5,16H,6H2,1H3,(H,14,15). The summed E-state index contributed by atoms with van der Waals surface area (Å²) < 4.78 is 28.2. The summed E-state index contributed by atoms with van der Waals surface area (Å²) in [4.78, 5) is 0.202. The Morgan fingerprint density at radius 1 is 1.32 bits per heavy atom. The van der Waals surface area contributed by atoms with Gasteiger partial charge >= 0.3 is 0 Å². The fourth-order valence-electron chi connectivity index (χ4n) is 1.46. The van der Waals surface area contributed by atoms with Crippen LogP contribution in [0, 0.1) is 6.92 Å². The summed E-state index contributed by atoms with van der Waals surface area (Å²) in [6.07, 6.45) is 3.21. The van der Waals surface area contributed by atoms with Gasteiger partial charge in [-0.25, -0.2) is 13.1 Å². The highest BCUT2D eigenvalue weighted by Crippen LogP contribution is 2.28. The zero-order valence-corrected chi connectivity index (χ0v) is 13.9. The maximum absolute atomic E-state index is 12.2. The number of aromatic amines is 1. The molecule has 1 aromatic carbocycles. The first kappa shape index (κ1) is 14.7. The van der Waals surface area contributed by atoms with Gasteiger partial charge in [-0.1, -0.05) is 15.9 Å². The van der Waals surface area contributed by atoms with Crippen LogP contribution in [0.2, 0.25) is 0 Å². The van der Waals surface area contributed by atoms with E-state index < -0.39 is 10.0 Å². The van der Waals surface area contributed by atoms with Crippen LogP contribution < -0.4 is 4.72 Å². The molecular weight excluding hydrogens is 398 g/mol. The van der Waals surface area contributed by atoms with E-state index in [1.807, 2.05) is 6.92 Å². The van der Waals surface area contributed by atoms with Gasteiger partial charge in [0, 0.05) is 27.3 Å². The predicted molar refractivity (Wildman–Crippen MR) is 79.2 cm³/mol. The number of H-pyrrole nitrogens is 1. The highest BCUT2D eigenvalue weighted by molar-refractivity contribution is 9.11. The average molecular weight is 409 g/mol. The monoisotopic (exact) mass is 407 g/mol. The van der Waals surface area contributed by atoms with Crippen molar-refractivity contribution < 1.29 is 8.42 Å². The number of hydrogen-bond donors (Lipinski definition) is 2. The van der Waals surface area contributed by atoms with E-state index in [0.29, 0.717) is 4.47 Å². The van der Waals surface area contributed by atoms with E-state index in [1.54, 1.807) is 24.5 Å². The van der Waals surface area contributed by atoms with Gasteiger partial charge in [0.1, 0.15) is 0 Å². The molecule has 8 heteroatoms. The van der Waals surface area contributed by atoms with Gasteiger partial charge in [-0.2, -0.15) is 5.10 Å². The third-order valence-electron chi connectivity index (χ3n) is 2.52. The van der Waals surface area contributed by atoms with Crippen molar-refractivity contribution in [2.45, 2.75) is 18.4 Å². The Morgan fingerprint density at radius 2 is 2.05 bits per heavy atom. The molecule has 0 saturated carbocycles. The summed E-state index contributed by atoms with van der Waals surface area (Å²) in [7, 11) is -3.57. The van der Waals surface area contributed by atoms with Crippen LogP contribution >= 0.6 is 31.9 Å². The molecule has 5 nitrogen and oxygen atoms in total. The molecule has 1 aromatic heterocycles. The molecule has 2 aromatic rings. The summed E-state index contributed by atoms with van der Waals surface area (Å²) in [6, 6.07) is 3.34. The number of aromatic nitrogens is 2. The first-order valence-electron chi connectivity index (χ1n) is 5.33. The van der Waals surface area contributed by atoms with Gasteiger partial charge in [0.05, 0.1) is 11.1 Å². The summed E-state index contributed by atoms with van der Waals surface area (Å²) in [5, 5.41) is 6.39. The largest absolute Gasteiger partial charge is 0.285 e. The summed E-state index contributed by atoms with van der Waals surface area (Å²) in [5.74, 6) is 0. The third-order valence-corrected chi connectivity index (χ3v) is 5.74. The molecule has 102 valence electrons. The number of aryl methyl sites for hydroxylation is 1. The minimum absolute atomic E-state index is 0.191. The maximum atomic E-state index is 12.2. The second-order valence-corrected chi connectivity index (χ2v) is 7.41. The molecule has 0 aliphatic heterocycles. The molecule has 0 saturated heterocycles. The number of halogens is 2. The lowest BCUT2D eigenvalue weighted by Gasteiger charge is -2.09. The van der Waals surface area contributed by atoms with Crippen LogP contribution in [0.1, 0.15) is 11.1 Å². The van der Waals surface area contributed by atoms with Crippen molar-refractivity contribution in [2.75, 3.05) is 0 Å². The van der Waals surface area contributed by atoms with Gasteiger partial charge < -0.3 is 0 Å². The Kier molecular flexibility index (Phi) is 4.44. The molecule has 0 fully saturated rings. The summed E-state index contributed by atoms with van der Waals surface area (Å²) in [6.45, 7) is 2.08.